The van der Waals surface area contributed by atoms with Gasteiger partial charge >= 0.3 is 6.11 Å². The minimum Gasteiger partial charge on any atom is -0.429 e. The summed E-state index contributed by atoms with van der Waals surface area (Å²) in [5.41, 5.74) is -1.04. The largest absolute Gasteiger partial charge is 0.432 e. The first-order valence-corrected chi connectivity index (χ1v) is 14.2. The van der Waals surface area contributed by atoms with Crippen molar-refractivity contribution < 1.29 is 40.6 Å². The van der Waals surface area contributed by atoms with Crippen LogP contribution in [0.5, 0.6) is 5.75 Å². The third-order valence-corrected chi connectivity index (χ3v) is 7.97. The second-order valence-electron chi connectivity index (χ2n) is 11.0. The molecule has 1 saturated carbocycles. The summed E-state index contributed by atoms with van der Waals surface area (Å²) in [5.74, 6) is -6.41. The second-order valence-corrected chi connectivity index (χ2v) is 11.0. The maximum atomic E-state index is 15.0. The summed E-state index contributed by atoms with van der Waals surface area (Å²) in [6.07, 6.45) is 0.150. The molecule has 5 rings (SSSR count). The Hall–Kier alpha value is -4.11. The Balaban J connectivity index is 1.35. The van der Waals surface area contributed by atoms with Gasteiger partial charge in [-0.1, -0.05) is 30.3 Å². The molecule has 0 amide bonds. The van der Waals surface area contributed by atoms with Crippen LogP contribution in [0.2, 0.25) is 0 Å². The third kappa shape index (κ3) is 6.68. The van der Waals surface area contributed by atoms with Crippen molar-refractivity contribution in [2.24, 2.45) is 0 Å². The molecule has 0 aliphatic heterocycles. The number of alkyl halides is 2. The van der Waals surface area contributed by atoms with Crippen molar-refractivity contribution in [2.45, 2.75) is 56.7 Å². The van der Waals surface area contributed by atoms with Crippen LogP contribution in [0.1, 0.15) is 54.7 Å². The molecule has 1 aliphatic carbocycles. The molecule has 4 aromatic rings. The zero-order valence-electron chi connectivity index (χ0n) is 23.5. The fourth-order valence-electron chi connectivity index (χ4n) is 5.60. The molecule has 1 fully saturated rings. The van der Waals surface area contributed by atoms with Gasteiger partial charge in [-0.2, -0.15) is 8.78 Å². The van der Waals surface area contributed by atoms with Gasteiger partial charge in [-0.05, 0) is 103 Å². The van der Waals surface area contributed by atoms with Crippen molar-refractivity contribution in [3.63, 3.8) is 0 Å². The summed E-state index contributed by atoms with van der Waals surface area (Å²) in [7, 11) is 0. The Kier molecular flexibility index (Phi) is 9.15. The van der Waals surface area contributed by atoms with Gasteiger partial charge in [0.1, 0.15) is 40.4 Å². The number of aliphatic hydroxyl groups is 1. The fourth-order valence-corrected chi connectivity index (χ4v) is 5.60. The van der Waals surface area contributed by atoms with Gasteiger partial charge in [-0.25, -0.2) is 22.0 Å². The maximum absolute atomic E-state index is 15.0. The molecule has 0 saturated heterocycles. The summed E-state index contributed by atoms with van der Waals surface area (Å²) in [6, 6.07) is 12.2. The van der Waals surface area contributed by atoms with Crippen LogP contribution in [-0.2, 0) is 12.5 Å². The number of allylic oxidation sites excluding steroid dienone is 1. The van der Waals surface area contributed by atoms with Crippen molar-refractivity contribution in [1.82, 2.24) is 0 Å². The van der Waals surface area contributed by atoms with Crippen molar-refractivity contribution in [1.29, 1.82) is 0 Å². The quantitative estimate of drug-likeness (QED) is 0.150. The summed E-state index contributed by atoms with van der Waals surface area (Å²) >= 11 is 0. The Morgan fingerprint density at radius 1 is 0.727 bits per heavy atom. The van der Waals surface area contributed by atoms with E-state index >= 15 is 13.2 Å². The van der Waals surface area contributed by atoms with Crippen LogP contribution in [0.3, 0.4) is 0 Å². The lowest BCUT2D eigenvalue weighted by atomic mass is 9.82. The summed E-state index contributed by atoms with van der Waals surface area (Å²) in [6.45, 7) is 3.58. The lowest BCUT2D eigenvalue weighted by Gasteiger charge is -2.26. The Morgan fingerprint density at radius 3 is 1.95 bits per heavy atom. The summed E-state index contributed by atoms with van der Waals surface area (Å²) < 4.78 is 109. The molecular formula is C35H29F7O2. The van der Waals surface area contributed by atoms with Crippen LogP contribution in [0, 0.1) is 29.1 Å². The highest BCUT2D eigenvalue weighted by Crippen LogP contribution is 2.40. The Labute approximate surface area is 250 Å². The number of ether oxygens (including phenoxy) is 1. The predicted octanol–water partition coefficient (Wildman–Crippen LogP) is 9.98. The predicted molar refractivity (Wildman–Crippen MR) is 154 cm³/mol. The van der Waals surface area contributed by atoms with Gasteiger partial charge in [0, 0.05) is 17.2 Å². The van der Waals surface area contributed by atoms with Crippen LogP contribution < -0.4 is 4.74 Å². The zero-order valence-corrected chi connectivity index (χ0v) is 23.5. The van der Waals surface area contributed by atoms with E-state index in [1.54, 1.807) is 12.1 Å². The average molecular weight is 615 g/mol. The van der Waals surface area contributed by atoms with Gasteiger partial charge in [0.05, 0.1) is 6.10 Å². The van der Waals surface area contributed by atoms with Gasteiger partial charge < -0.3 is 9.84 Å². The molecule has 1 aliphatic rings. The number of hydrogen-bond acceptors (Lipinski definition) is 2. The van der Waals surface area contributed by atoms with Gasteiger partial charge in [-0.15, -0.1) is 6.58 Å². The van der Waals surface area contributed by atoms with Gasteiger partial charge in [-0.3, -0.25) is 0 Å². The molecule has 1 N–H and O–H groups in total. The van der Waals surface area contributed by atoms with Crippen LogP contribution >= 0.6 is 0 Å². The van der Waals surface area contributed by atoms with Gasteiger partial charge in [0.15, 0.2) is 0 Å². The molecular weight excluding hydrogens is 585 g/mol. The number of halogens is 7. The topological polar surface area (TPSA) is 29.5 Å². The van der Waals surface area contributed by atoms with E-state index in [1.807, 2.05) is 0 Å². The molecule has 0 radical (unpaired) electrons. The lowest BCUT2D eigenvalue weighted by Crippen LogP contribution is -2.25. The summed E-state index contributed by atoms with van der Waals surface area (Å²) in [4.78, 5) is 0. The summed E-state index contributed by atoms with van der Waals surface area (Å²) in [5, 5.41) is 9.70. The Bertz CT molecular complexity index is 1650. The molecule has 0 aromatic heterocycles. The molecule has 2 nitrogen and oxygen atoms in total. The first-order valence-electron chi connectivity index (χ1n) is 14.2. The van der Waals surface area contributed by atoms with E-state index in [9.17, 15) is 22.7 Å². The monoisotopic (exact) mass is 614 g/mol. The van der Waals surface area contributed by atoms with E-state index in [4.69, 9.17) is 0 Å². The SMILES string of the molecule is C=CCCc1ccc(-c2ccc(OC(F)(F)c3c(F)cc(-c4ccc(C5CCC(O)CC5)cc4F)cc3F)cc2F)cc1F. The van der Waals surface area contributed by atoms with E-state index in [0.717, 1.165) is 18.2 Å². The molecule has 0 heterocycles. The molecule has 230 valence electrons. The van der Waals surface area contributed by atoms with E-state index < -0.39 is 46.5 Å². The highest BCUT2D eigenvalue weighted by atomic mass is 19.3. The molecule has 0 unspecified atom stereocenters. The normalized spacial score (nSPS) is 17.0. The minimum absolute atomic E-state index is 0.0293. The highest BCUT2D eigenvalue weighted by Gasteiger charge is 2.41. The third-order valence-electron chi connectivity index (χ3n) is 7.97. The number of benzene rings is 4. The lowest BCUT2D eigenvalue weighted by molar-refractivity contribution is -0.189. The van der Waals surface area contributed by atoms with Crippen molar-refractivity contribution in [2.75, 3.05) is 0 Å². The van der Waals surface area contributed by atoms with Crippen LogP contribution in [-0.4, -0.2) is 11.2 Å². The number of hydrogen-bond donors (Lipinski definition) is 1. The van der Waals surface area contributed by atoms with E-state index in [1.165, 1.54) is 24.3 Å². The maximum Gasteiger partial charge on any atom is 0.432 e. The molecule has 44 heavy (non-hydrogen) atoms. The first-order chi connectivity index (χ1) is 21.0. The smallest absolute Gasteiger partial charge is 0.429 e. The van der Waals surface area contributed by atoms with Crippen LogP contribution in [0.15, 0.2) is 79.4 Å². The van der Waals surface area contributed by atoms with Crippen LogP contribution in [0.4, 0.5) is 30.7 Å². The van der Waals surface area contributed by atoms with Gasteiger partial charge in [0.25, 0.3) is 0 Å². The second kappa shape index (κ2) is 12.9. The number of aryl methyl sites for hydroxylation is 1. The van der Waals surface area contributed by atoms with Gasteiger partial charge in [0.2, 0.25) is 0 Å². The molecule has 4 aromatic carbocycles. The Morgan fingerprint density at radius 2 is 1.34 bits per heavy atom. The molecule has 9 heteroatoms. The number of aliphatic hydroxyl groups excluding tert-OH is 1. The first kappa shape index (κ1) is 31.3. The fraction of sp³-hybridized carbons (Fsp3) is 0.257. The van der Waals surface area contributed by atoms with Crippen molar-refractivity contribution >= 4 is 0 Å². The highest BCUT2D eigenvalue weighted by molar-refractivity contribution is 5.66. The zero-order chi connectivity index (χ0) is 31.6. The average Bonchev–Trinajstić information content (AvgIpc) is 2.96. The minimum atomic E-state index is -4.56. The van der Waals surface area contributed by atoms with E-state index in [0.29, 0.717) is 67.9 Å². The van der Waals surface area contributed by atoms with E-state index in [2.05, 4.69) is 11.3 Å². The van der Waals surface area contributed by atoms with Crippen molar-refractivity contribution in [3.8, 4) is 28.0 Å². The molecule has 0 bridgehead atoms. The van der Waals surface area contributed by atoms with E-state index in [-0.39, 0.29) is 34.3 Å². The molecule has 0 spiro atoms. The van der Waals surface area contributed by atoms with Crippen molar-refractivity contribution in [3.05, 3.63) is 125 Å². The standard InChI is InChI=1S/C35H29F7O2/c1-2-3-4-21-5-6-23(16-29(21)36)27-14-12-26(19-31(27)38)44-35(41,42)34-32(39)17-24(18-33(34)40)28-13-9-22(15-30(28)37)20-7-10-25(43)11-8-20/h2,5-6,9,12-20,25,43H,1,3-4,7-8,10-11H2. The molecule has 0 atom stereocenters. The number of rotatable bonds is 9. The van der Waals surface area contributed by atoms with Crippen LogP contribution in [0.25, 0.3) is 22.3 Å².